The largest absolute Gasteiger partial charge is 0.323 e. The van der Waals surface area contributed by atoms with Crippen LogP contribution in [0.15, 0.2) is 42.7 Å². The molecule has 0 spiro atoms. The van der Waals surface area contributed by atoms with Crippen LogP contribution in [-0.2, 0) is 0 Å². The molecular weight excluding hydrogens is 174 g/mol. The lowest BCUT2D eigenvalue weighted by atomic mass is 10.2. The van der Waals surface area contributed by atoms with E-state index in [1.807, 2.05) is 54.2 Å². The fourth-order valence-electron chi connectivity index (χ4n) is 1.44. The van der Waals surface area contributed by atoms with E-state index in [-0.39, 0.29) is 0 Å². The lowest BCUT2D eigenvalue weighted by molar-refractivity contribution is 0.112. The number of aryl methyl sites for hydroxylation is 1. The van der Waals surface area contributed by atoms with E-state index in [2.05, 4.69) is 0 Å². The van der Waals surface area contributed by atoms with Crippen molar-refractivity contribution < 1.29 is 4.79 Å². The summed E-state index contributed by atoms with van der Waals surface area (Å²) in [5, 5.41) is 0. The van der Waals surface area contributed by atoms with E-state index in [1.165, 1.54) is 0 Å². The van der Waals surface area contributed by atoms with Crippen molar-refractivity contribution in [2.75, 3.05) is 0 Å². The van der Waals surface area contributed by atoms with Crippen LogP contribution in [0.4, 0.5) is 0 Å². The number of aromatic nitrogens is 1. The Labute approximate surface area is 82.8 Å². The highest BCUT2D eigenvalue weighted by Crippen LogP contribution is 2.13. The smallest absolute Gasteiger partial charge is 0.151 e. The van der Waals surface area contributed by atoms with Crippen LogP contribution in [0.2, 0.25) is 0 Å². The van der Waals surface area contributed by atoms with E-state index in [9.17, 15) is 4.79 Å². The Morgan fingerprint density at radius 1 is 1.14 bits per heavy atom. The second-order valence-corrected chi connectivity index (χ2v) is 3.26. The molecule has 1 aromatic heterocycles. The third kappa shape index (κ3) is 1.46. The third-order valence-electron chi connectivity index (χ3n) is 2.25. The van der Waals surface area contributed by atoms with Gasteiger partial charge in [0, 0.05) is 23.6 Å². The van der Waals surface area contributed by atoms with Crippen molar-refractivity contribution in [3.63, 3.8) is 0 Å². The Kier molecular flexibility index (Phi) is 2.19. The number of nitrogens with zero attached hydrogens (tertiary/aromatic N) is 1. The highest BCUT2D eigenvalue weighted by molar-refractivity contribution is 5.77. The van der Waals surface area contributed by atoms with Gasteiger partial charge in [0.1, 0.15) is 0 Å². The zero-order chi connectivity index (χ0) is 9.97. The number of para-hydroxylation sites is 1. The molecule has 0 unspecified atom stereocenters. The first-order chi connectivity index (χ1) is 6.81. The predicted molar refractivity (Wildman–Crippen MR) is 55.9 cm³/mol. The number of rotatable bonds is 2. The molecule has 0 radical (unpaired) electrons. The van der Waals surface area contributed by atoms with Gasteiger partial charge in [-0.3, -0.25) is 4.79 Å². The van der Waals surface area contributed by atoms with E-state index in [4.69, 9.17) is 0 Å². The van der Waals surface area contributed by atoms with E-state index < -0.39 is 0 Å². The van der Waals surface area contributed by atoms with E-state index in [1.54, 1.807) is 0 Å². The zero-order valence-corrected chi connectivity index (χ0v) is 7.97. The fraction of sp³-hybridized carbons (Fsp3) is 0.0833. The van der Waals surface area contributed by atoms with Gasteiger partial charge in [0.2, 0.25) is 0 Å². The number of aldehydes is 1. The summed E-state index contributed by atoms with van der Waals surface area (Å²) >= 11 is 0. The second kappa shape index (κ2) is 3.50. The summed E-state index contributed by atoms with van der Waals surface area (Å²) in [6.45, 7) is 1.93. The Bertz CT molecular complexity index is 443. The van der Waals surface area contributed by atoms with Crippen LogP contribution in [0.25, 0.3) is 5.69 Å². The Hall–Kier alpha value is -1.83. The Morgan fingerprint density at radius 3 is 2.43 bits per heavy atom. The number of benzene rings is 1. The molecule has 1 heterocycles. The van der Waals surface area contributed by atoms with Gasteiger partial charge in [-0.2, -0.15) is 0 Å². The molecule has 70 valence electrons. The molecule has 0 saturated heterocycles. The monoisotopic (exact) mass is 185 g/mol. The van der Waals surface area contributed by atoms with Crippen molar-refractivity contribution >= 4 is 6.29 Å². The van der Waals surface area contributed by atoms with Gasteiger partial charge in [-0.15, -0.1) is 0 Å². The third-order valence-corrected chi connectivity index (χ3v) is 2.25. The summed E-state index contributed by atoms with van der Waals surface area (Å²) < 4.78 is 1.96. The molecule has 0 aliphatic heterocycles. The SMILES string of the molecule is Cc1cn(-c2ccccc2)cc1C=O. The van der Waals surface area contributed by atoms with Gasteiger partial charge in [0.25, 0.3) is 0 Å². The number of carbonyl (C=O) groups excluding carboxylic acids is 1. The van der Waals surface area contributed by atoms with Crippen LogP contribution in [0.1, 0.15) is 15.9 Å². The molecule has 2 rings (SSSR count). The molecule has 2 aromatic rings. The molecule has 0 aliphatic carbocycles. The van der Waals surface area contributed by atoms with Crippen molar-refractivity contribution in [3.8, 4) is 5.69 Å². The normalized spacial score (nSPS) is 10.1. The van der Waals surface area contributed by atoms with Gasteiger partial charge in [0.05, 0.1) is 0 Å². The Balaban J connectivity index is 2.48. The highest BCUT2D eigenvalue weighted by Gasteiger charge is 2.01. The quantitative estimate of drug-likeness (QED) is 0.659. The average molecular weight is 185 g/mol. The van der Waals surface area contributed by atoms with Crippen LogP contribution in [0.3, 0.4) is 0 Å². The van der Waals surface area contributed by atoms with Gasteiger partial charge in [0.15, 0.2) is 6.29 Å². The molecule has 0 bridgehead atoms. The van der Waals surface area contributed by atoms with Gasteiger partial charge >= 0.3 is 0 Å². The molecule has 2 nitrogen and oxygen atoms in total. The standard InChI is InChI=1S/C12H11NO/c1-10-7-13(8-11(10)9-14)12-5-3-2-4-6-12/h2-9H,1H3. The minimum absolute atomic E-state index is 0.744. The zero-order valence-electron chi connectivity index (χ0n) is 7.97. The van der Waals surface area contributed by atoms with Gasteiger partial charge < -0.3 is 4.57 Å². The van der Waals surface area contributed by atoms with Crippen LogP contribution in [-0.4, -0.2) is 10.9 Å². The molecule has 0 atom stereocenters. The summed E-state index contributed by atoms with van der Waals surface area (Å²) in [4.78, 5) is 10.7. The molecule has 0 amide bonds. The molecule has 1 aromatic carbocycles. The summed E-state index contributed by atoms with van der Waals surface area (Å²) in [5.74, 6) is 0. The second-order valence-electron chi connectivity index (χ2n) is 3.26. The first kappa shape index (κ1) is 8.75. The summed E-state index contributed by atoms with van der Waals surface area (Å²) in [6.07, 6.45) is 4.69. The van der Waals surface area contributed by atoms with Gasteiger partial charge in [-0.25, -0.2) is 0 Å². The maximum absolute atomic E-state index is 10.7. The van der Waals surface area contributed by atoms with E-state index >= 15 is 0 Å². The minimum atomic E-state index is 0.744. The van der Waals surface area contributed by atoms with E-state index in [0.29, 0.717) is 0 Å². The molecule has 0 N–H and O–H groups in total. The van der Waals surface area contributed by atoms with Crippen LogP contribution < -0.4 is 0 Å². The topological polar surface area (TPSA) is 22.0 Å². The van der Waals surface area contributed by atoms with Gasteiger partial charge in [-0.1, -0.05) is 18.2 Å². The summed E-state index contributed by atoms with van der Waals surface area (Å²) in [5.41, 5.74) is 2.82. The molecule has 2 heteroatoms. The average Bonchev–Trinajstić information content (AvgIpc) is 2.61. The van der Waals surface area contributed by atoms with Gasteiger partial charge in [-0.05, 0) is 24.6 Å². The maximum Gasteiger partial charge on any atom is 0.151 e. The first-order valence-electron chi connectivity index (χ1n) is 4.50. The minimum Gasteiger partial charge on any atom is -0.323 e. The van der Waals surface area contributed by atoms with E-state index in [0.717, 1.165) is 23.1 Å². The predicted octanol–water partition coefficient (Wildman–Crippen LogP) is 2.60. The first-order valence-corrected chi connectivity index (χ1v) is 4.50. The lowest BCUT2D eigenvalue weighted by Crippen LogP contribution is -1.87. The number of carbonyl (C=O) groups is 1. The molecule has 0 fully saturated rings. The van der Waals surface area contributed by atoms with Crippen molar-refractivity contribution in [1.29, 1.82) is 0 Å². The molecule has 14 heavy (non-hydrogen) atoms. The van der Waals surface area contributed by atoms with Crippen LogP contribution in [0.5, 0.6) is 0 Å². The maximum atomic E-state index is 10.7. The highest BCUT2D eigenvalue weighted by atomic mass is 16.1. The van der Waals surface area contributed by atoms with Crippen molar-refractivity contribution in [1.82, 2.24) is 4.57 Å². The summed E-state index contributed by atoms with van der Waals surface area (Å²) in [6, 6.07) is 9.94. The number of hydrogen-bond donors (Lipinski definition) is 0. The fourth-order valence-corrected chi connectivity index (χ4v) is 1.44. The van der Waals surface area contributed by atoms with Crippen LogP contribution >= 0.6 is 0 Å². The number of hydrogen-bond acceptors (Lipinski definition) is 1. The molecule has 0 aliphatic rings. The summed E-state index contributed by atoms with van der Waals surface area (Å²) in [7, 11) is 0. The Morgan fingerprint density at radius 2 is 1.86 bits per heavy atom. The molecular formula is C12H11NO. The van der Waals surface area contributed by atoms with Crippen molar-refractivity contribution in [2.45, 2.75) is 6.92 Å². The molecule has 0 saturated carbocycles. The van der Waals surface area contributed by atoms with Crippen molar-refractivity contribution in [3.05, 3.63) is 53.9 Å². The lowest BCUT2D eigenvalue weighted by Gasteiger charge is -2.00. The van der Waals surface area contributed by atoms with Crippen LogP contribution in [0, 0.1) is 6.92 Å². The van der Waals surface area contributed by atoms with Crippen molar-refractivity contribution in [2.24, 2.45) is 0 Å².